The van der Waals surface area contributed by atoms with E-state index in [0.717, 1.165) is 16.5 Å². The Morgan fingerprint density at radius 1 is 1.18 bits per heavy atom. The summed E-state index contributed by atoms with van der Waals surface area (Å²) in [7, 11) is 1.79. The number of benzene rings is 2. The summed E-state index contributed by atoms with van der Waals surface area (Å²) in [4.78, 5) is 13.5. The van der Waals surface area contributed by atoms with E-state index in [-0.39, 0.29) is 5.91 Å². The predicted molar refractivity (Wildman–Crippen MR) is 72.7 cm³/mol. The van der Waals surface area contributed by atoms with Crippen LogP contribution in [0.3, 0.4) is 0 Å². The summed E-state index contributed by atoms with van der Waals surface area (Å²) in [5.41, 5.74) is 0.929. The van der Waals surface area contributed by atoms with Crippen molar-refractivity contribution in [2.24, 2.45) is 0 Å². The normalized spacial score (nSPS) is 10.5. The van der Waals surface area contributed by atoms with E-state index in [4.69, 9.17) is 11.6 Å². The van der Waals surface area contributed by atoms with E-state index in [1.165, 1.54) is 0 Å². The third kappa shape index (κ3) is 2.42. The Morgan fingerprint density at radius 2 is 1.88 bits per heavy atom. The molecule has 0 heterocycles. The van der Waals surface area contributed by atoms with Crippen LogP contribution in [0.2, 0.25) is 0 Å². The number of fused-ring (bicyclic) bond motifs is 1. The second-order valence-electron chi connectivity index (χ2n) is 3.89. The van der Waals surface area contributed by atoms with E-state index >= 15 is 0 Å². The van der Waals surface area contributed by atoms with Gasteiger partial charge in [0.1, 0.15) is 0 Å². The fourth-order valence-corrected chi connectivity index (χ4v) is 2.05. The van der Waals surface area contributed by atoms with Crippen molar-refractivity contribution < 1.29 is 4.79 Å². The Kier molecular flexibility index (Phi) is 3.64. The van der Waals surface area contributed by atoms with Crippen LogP contribution in [0.15, 0.2) is 42.5 Å². The van der Waals surface area contributed by atoms with Gasteiger partial charge in [0, 0.05) is 24.7 Å². The lowest BCUT2D eigenvalue weighted by Gasteiger charge is -2.18. The molecule has 0 saturated carbocycles. The molecule has 0 spiro atoms. The summed E-state index contributed by atoms with van der Waals surface area (Å²) in [6.45, 7) is 0. The Labute approximate surface area is 106 Å². The first-order valence-corrected chi connectivity index (χ1v) is 6.08. The van der Waals surface area contributed by atoms with E-state index in [1.807, 2.05) is 42.5 Å². The standard InChI is InChI=1S/C14H14ClNO/c1-16(14(17)9-10-15)13-8-4-6-11-5-2-3-7-12(11)13/h2-8H,9-10H2,1H3. The third-order valence-corrected chi connectivity index (χ3v) is 3.00. The van der Waals surface area contributed by atoms with Gasteiger partial charge < -0.3 is 4.90 Å². The second-order valence-corrected chi connectivity index (χ2v) is 4.27. The van der Waals surface area contributed by atoms with Crippen molar-refractivity contribution in [3.63, 3.8) is 0 Å². The number of hydrogen-bond acceptors (Lipinski definition) is 1. The average Bonchev–Trinajstić information content (AvgIpc) is 2.37. The summed E-state index contributed by atoms with van der Waals surface area (Å²) >= 11 is 5.60. The van der Waals surface area contributed by atoms with Crippen LogP contribution in [0.5, 0.6) is 0 Å². The highest BCUT2D eigenvalue weighted by molar-refractivity contribution is 6.19. The van der Waals surface area contributed by atoms with E-state index in [2.05, 4.69) is 0 Å². The topological polar surface area (TPSA) is 20.3 Å². The largest absolute Gasteiger partial charge is 0.315 e. The first kappa shape index (κ1) is 11.9. The number of alkyl halides is 1. The zero-order valence-electron chi connectivity index (χ0n) is 9.69. The highest BCUT2D eigenvalue weighted by Crippen LogP contribution is 2.26. The number of amides is 1. The van der Waals surface area contributed by atoms with Gasteiger partial charge in [-0.05, 0) is 11.5 Å². The van der Waals surface area contributed by atoms with Crippen LogP contribution in [0.4, 0.5) is 5.69 Å². The number of hydrogen-bond donors (Lipinski definition) is 0. The Bertz CT molecular complexity index is 533. The van der Waals surface area contributed by atoms with Gasteiger partial charge >= 0.3 is 0 Å². The van der Waals surface area contributed by atoms with Crippen molar-refractivity contribution in [2.75, 3.05) is 17.8 Å². The molecule has 0 aromatic heterocycles. The Balaban J connectivity index is 2.44. The molecule has 0 bridgehead atoms. The molecule has 1 amide bonds. The molecule has 17 heavy (non-hydrogen) atoms. The number of nitrogens with zero attached hydrogens (tertiary/aromatic N) is 1. The van der Waals surface area contributed by atoms with Crippen LogP contribution in [-0.2, 0) is 4.79 Å². The third-order valence-electron chi connectivity index (χ3n) is 2.81. The molecule has 0 N–H and O–H groups in total. The quantitative estimate of drug-likeness (QED) is 0.761. The maximum atomic E-state index is 11.8. The number of halogens is 1. The van der Waals surface area contributed by atoms with Crippen molar-refractivity contribution in [2.45, 2.75) is 6.42 Å². The molecule has 88 valence electrons. The monoisotopic (exact) mass is 247 g/mol. The van der Waals surface area contributed by atoms with E-state index in [1.54, 1.807) is 11.9 Å². The fraction of sp³-hybridized carbons (Fsp3) is 0.214. The van der Waals surface area contributed by atoms with Crippen molar-refractivity contribution >= 4 is 34.0 Å². The van der Waals surface area contributed by atoms with Gasteiger partial charge in [0.2, 0.25) is 5.91 Å². The summed E-state index contributed by atoms with van der Waals surface area (Å²) in [5.74, 6) is 0.393. The van der Waals surface area contributed by atoms with Gasteiger partial charge in [0.05, 0.1) is 5.69 Å². The number of rotatable bonds is 3. The molecule has 2 aromatic carbocycles. The molecule has 0 radical (unpaired) electrons. The van der Waals surface area contributed by atoms with Crippen molar-refractivity contribution in [1.82, 2.24) is 0 Å². The highest BCUT2D eigenvalue weighted by Gasteiger charge is 2.12. The molecule has 2 rings (SSSR count). The molecule has 3 heteroatoms. The summed E-state index contributed by atoms with van der Waals surface area (Å²) in [6, 6.07) is 14.0. The summed E-state index contributed by atoms with van der Waals surface area (Å²) in [6.07, 6.45) is 0.362. The maximum absolute atomic E-state index is 11.8. The molecular formula is C14H14ClNO. The molecule has 0 aliphatic carbocycles. The average molecular weight is 248 g/mol. The van der Waals surface area contributed by atoms with Crippen LogP contribution in [0.1, 0.15) is 6.42 Å². The zero-order valence-corrected chi connectivity index (χ0v) is 10.4. The lowest BCUT2D eigenvalue weighted by molar-refractivity contribution is -0.117. The van der Waals surface area contributed by atoms with Gasteiger partial charge in [-0.25, -0.2) is 0 Å². The van der Waals surface area contributed by atoms with E-state index in [0.29, 0.717) is 12.3 Å². The lowest BCUT2D eigenvalue weighted by Crippen LogP contribution is -2.26. The highest BCUT2D eigenvalue weighted by atomic mass is 35.5. The molecule has 0 fully saturated rings. The minimum Gasteiger partial charge on any atom is -0.315 e. The van der Waals surface area contributed by atoms with Gasteiger partial charge in [0.25, 0.3) is 0 Å². The van der Waals surface area contributed by atoms with Crippen molar-refractivity contribution in [1.29, 1.82) is 0 Å². The summed E-state index contributed by atoms with van der Waals surface area (Å²) in [5, 5.41) is 2.22. The minimum absolute atomic E-state index is 0.0383. The van der Waals surface area contributed by atoms with Gasteiger partial charge in [-0.1, -0.05) is 36.4 Å². The van der Waals surface area contributed by atoms with Crippen LogP contribution in [-0.4, -0.2) is 18.8 Å². The van der Waals surface area contributed by atoms with Crippen LogP contribution in [0, 0.1) is 0 Å². The zero-order chi connectivity index (χ0) is 12.3. The molecule has 0 aliphatic rings. The van der Waals surface area contributed by atoms with Crippen LogP contribution >= 0.6 is 11.6 Å². The minimum atomic E-state index is 0.0383. The van der Waals surface area contributed by atoms with Gasteiger partial charge in [0.15, 0.2) is 0 Å². The first-order chi connectivity index (χ1) is 8.24. The predicted octanol–water partition coefficient (Wildman–Crippen LogP) is 3.43. The van der Waals surface area contributed by atoms with Gasteiger partial charge in [-0.3, -0.25) is 4.79 Å². The van der Waals surface area contributed by atoms with E-state index in [9.17, 15) is 4.79 Å². The number of carbonyl (C=O) groups is 1. The molecular weight excluding hydrogens is 234 g/mol. The maximum Gasteiger partial charge on any atom is 0.227 e. The van der Waals surface area contributed by atoms with Crippen LogP contribution in [0.25, 0.3) is 10.8 Å². The number of anilines is 1. The molecule has 2 nitrogen and oxygen atoms in total. The smallest absolute Gasteiger partial charge is 0.227 e. The van der Waals surface area contributed by atoms with Gasteiger partial charge in [-0.15, -0.1) is 11.6 Å². The molecule has 0 atom stereocenters. The van der Waals surface area contributed by atoms with Gasteiger partial charge in [-0.2, -0.15) is 0 Å². The number of carbonyl (C=O) groups excluding carboxylic acids is 1. The lowest BCUT2D eigenvalue weighted by atomic mass is 10.1. The Morgan fingerprint density at radius 3 is 2.65 bits per heavy atom. The molecule has 0 saturated heterocycles. The second kappa shape index (κ2) is 5.19. The summed E-state index contributed by atoms with van der Waals surface area (Å²) < 4.78 is 0. The fourth-order valence-electron chi connectivity index (χ4n) is 1.88. The van der Waals surface area contributed by atoms with E-state index < -0.39 is 0 Å². The Hall–Kier alpha value is -1.54. The SMILES string of the molecule is CN(C(=O)CCCl)c1cccc2ccccc12. The van der Waals surface area contributed by atoms with Crippen molar-refractivity contribution in [3.8, 4) is 0 Å². The molecule has 0 aliphatic heterocycles. The molecule has 0 unspecified atom stereocenters. The van der Waals surface area contributed by atoms with Crippen LogP contribution < -0.4 is 4.90 Å². The first-order valence-electron chi connectivity index (χ1n) is 5.54. The molecule has 2 aromatic rings. The van der Waals surface area contributed by atoms with Crippen molar-refractivity contribution in [3.05, 3.63) is 42.5 Å².